The fourth-order valence-electron chi connectivity index (χ4n) is 2.33. The third kappa shape index (κ3) is 4.75. The lowest BCUT2D eigenvalue weighted by Gasteiger charge is -2.18. The topological polar surface area (TPSA) is 51.8 Å². The van der Waals surface area contributed by atoms with Gasteiger partial charge >= 0.3 is 0 Å². The standard InChI is InChI=1S/C17H22N2O3S2/c1-11(8-13-6-5-7-24-13)18-17(23)19-12-9-14(20-2)16(22-4)15(10-12)21-3/h5-7,9-11H,8H2,1-4H3,(H2,18,19,23). The number of hydrogen-bond acceptors (Lipinski definition) is 5. The van der Waals surface area contributed by atoms with Crippen LogP contribution in [-0.4, -0.2) is 32.5 Å². The van der Waals surface area contributed by atoms with Gasteiger partial charge in [-0.2, -0.15) is 0 Å². The van der Waals surface area contributed by atoms with E-state index in [1.165, 1.54) is 4.88 Å². The first-order valence-corrected chi connectivity index (χ1v) is 8.76. The Bertz CT molecular complexity index is 649. The fraction of sp³-hybridized carbons (Fsp3) is 0.353. The summed E-state index contributed by atoms with van der Waals surface area (Å²) in [5, 5.41) is 9.07. The molecule has 0 aliphatic carbocycles. The molecule has 1 aromatic heterocycles. The highest BCUT2D eigenvalue weighted by Crippen LogP contribution is 2.39. The van der Waals surface area contributed by atoms with Crippen LogP contribution in [0.4, 0.5) is 5.69 Å². The van der Waals surface area contributed by atoms with Gasteiger partial charge < -0.3 is 24.8 Å². The van der Waals surface area contributed by atoms with Gasteiger partial charge in [0.25, 0.3) is 0 Å². The molecular formula is C17H22N2O3S2. The smallest absolute Gasteiger partial charge is 0.203 e. The first-order chi connectivity index (χ1) is 11.6. The molecule has 24 heavy (non-hydrogen) atoms. The zero-order chi connectivity index (χ0) is 17.5. The van der Waals surface area contributed by atoms with E-state index in [1.807, 2.05) is 12.1 Å². The Hall–Kier alpha value is -1.99. The summed E-state index contributed by atoms with van der Waals surface area (Å²) in [6.45, 7) is 2.10. The van der Waals surface area contributed by atoms with Crippen molar-refractivity contribution in [2.75, 3.05) is 26.6 Å². The summed E-state index contributed by atoms with van der Waals surface area (Å²) in [7, 11) is 4.74. The predicted octanol–water partition coefficient (Wildman–Crippen LogP) is 3.69. The molecule has 0 spiro atoms. The number of hydrogen-bond donors (Lipinski definition) is 2. The molecule has 7 heteroatoms. The maximum Gasteiger partial charge on any atom is 0.203 e. The van der Waals surface area contributed by atoms with Crippen molar-refractivity contribution in [2.24, 2.45) is 0 Å². The highest BCUT2D eigenvalue weighted by Gasteiger charge is 2.14. The van der Waals surface area contributed by atoms with Gasteiger partial charge in [0.1, 0.15) is 0 Å². The van der Waals surface area contributed by atoms with Gasteiger partial charge in [0.15, 0.2) is 16.6 Å². The van der Waals surface area contributed by atoms with Crippen LogP contribution < -0.4 is 24.8 Å². The molecule has 1 aromatic carbocycles. The minimum absolute atomic E-state index is 0.227. The second kappa shape index (κ2) is 8.75. The quantitative estimate of drug-likeness (QED) is 0.729. The number of thiophene rings is 1. The molecule has 0 amide bonds. The molecular weight excluding hydrogens is 344 g/mol. The molecule has 2 aromatic rings. The van der Waals surface area contributed by atoms with E-state index in [1.54, 1.807) is 32.7 Å². The van der Waals surface area contributed by atoms with Crippen molar-refractivity contribution in [3.05, 3.63) is 34.5 Å². The van der Waals surface area contributed by atoms with Gasteiger partial charge in [-0.15, -0.1) is 11.3 Å². The van der Waals surface area contributed by atoms with Crippen LogP contribution in [0.25, 0.3) is 0 Å². The van der Waals surface area contributed by atoms with Gasteiger partial charge in [0.05, 0.1) is 21.3 Å². The summed E-state index contributed by atoms with van der Waals surface area (Å²) >= 11 is 7.14. The van der Waals surface area contributed by atoms with Crippen LogP contribution in [0.1, 0.15) is 11.8 Å². The molecule has 1 atom stereocenters. The van der Waals surface area contributed by atoms with Crippen LogP contribution in [0.2, 0.25) is 0 Å². The SMILES string of the molecule is COc1cc(NC(=S)NC(C)Cc2cccs2)cc(OC)c1OC. The lowest BCUT2D eigenvalue weighted by molar-refractivity contribution is 0.324. The Morgan fingerprint density at radius 2 is 1.83 bits per heavy atom. The summed E-state index contributed by atoms with van der Waals surface area (Å²) in [4.78, 5) is 1.32. The summed E-state index contributed by atoms with van der Waals surface area (Å²) in [5.74, 6) is 1.71. The maximum absolute atomic E-state index is 5.40. The monoisotopic (exact) mass is 366 g/mol. The van der Waals surface area contributed by atoms with E-state index >= 15 is 0 Å². The van der Waals surface area contributed by atoms with Crippen molar-refractivity contribution in [1.82, 2.24) is 5.32 Å². The van der Waals surface area contributed by atoms with E-state index in [-0.39, 0.29) is 6.04 Å². The van der Waals surface area contributed by atoms with Crippen LogP contribution >= 0.6 is 23.6 Å². The number of rotatable bonds is 7. The average Bonchev–Trinajstić information content (AvgIpc) is 3.06. The van der Waals surface area contributed by atoms with Crippen LogP contribution in [0.5, 0.6) is 17.2 Å². The Labute approximate surface area is 151 Å². The molecule has 2 rings (SSSR count). The summed E-state index contributed by atoms with van der Waals surface area (Å²) < 4.78 is 16.0. The van der Waals surface area contributed by atoms with Crippen molar-refractivity contribution < 1.29 is 14.2 Å². The molecule has 0 bridgehead atoms. The van der Waals surface area contributed by atoms with E-state index in [0.717, 1.165) is 12.1 Å². The molecule has 0 saturated carbocycles. The lowest BCUT2D eigenvalue weighted by atomic mass is 10.2. The van der Waals surface area contributed by atoms with E-state index in [0.29, 0.717) is 22.4 Å². The number of nitrogens with one attached hydrogen (secondary N) is 2. The largest absolute Gasteiger partial charge is 0.493 e. The van der Waals surface area contributed by atoms with Gasteiger partial charge in [0, 0.05) is 35.2 Å². The van der Waals surface area contributed by atoms with Crippen molar-refractivity contribution in [2.45, 2.75) is 19.4 Å². The first kappa shape index (κ1) is 18.4. The van der Waals surface area contributed by atoms with Gasteiger partial charge in [-0.25, -0.2) is 0 Å². The molecule has 0 aliphatic heterocycles. The van der Waals surface area contributed by atoms with E-state index < -0.39 is 0 Å². The summed E-state index contributed by atoms with van der Waals surface area (Å²) in [6.07, 6.45) is 0.925. The van der Waals surface area contributed by atoms with Crippen LogP contribution in [-0.2, 0) is 6.42 Å². The van der Waals surface area contributed by atoms with Crippen molar-refractivity contribution in [1.29, 1.82) is 0 Å². The number of anilines is 1. The highest BCUT2D eigenvalue weighted by molar-refractivity contribution is 7.80. The minimum Gasteiger partial charge on any atom is -0.493 e. The second-order valence-corrected chi connectivity index (χ2v) is 6.64. The number of ether oxygens (including phenoxy) is 3. The fourth-order valence-corrected chi connectivity index (χ4v) is 3.48. The van der Waals surface area contributed by atoms with Gasteiger partial charge in [-0.3, -0.25) is 0 Å². The molecule has 0 radical (unpaired) electrons. The predicted molar refractivity (Wildman–Crippen MR) is 103 cm³/mol. The zero-order valence-corrected chi connectivity index (χ0v) is 15.8. The van der Waals surface area contributed by atoms with Crippen molar-refractivity contribution >= 4 is 34.4 Å². The maximum atomic E-state index is 5.40. The van der Waals surface area contributed by atoms with Crippen LogP contribution in [0.15, 0.2) is 29.6 Å². The minimum atomic E-state index is 0.227. The van der Waals surface area contributed by atoms with Crippen molar-refractivity contribution in [3.63, 3.8) is 0 Å². The normalized spacial score (nSPS) is 11.5. The van der Waals surface area contributed by atoms with Gasteiger partial charge in [-0.1, -0.05) is 6.07 Å². The second-order valence-electron chi connectivity index (χ2n) is 5.20. The van der Waals surface area contributed by atoms with Gasteiger partial charge in [0.2, 0.25) is 5.75 Å². The third-order valence-electron chi connectivity index (χ3n) is 3.39. The Kier molecular flexibility index (Phi) is 6.69. The van der Waals surface area contributed by atoms with E-state index in [2.05, 4.69) is 35.1 Å². The molecule has 1 heterocycles. The number of methoxy groups -OCH3 is 3. The number of thiocarbonyl (C=S) groups is 1. The van der Waals surface area contributed by atoms with Crippen molar-refractivity contribution in [3.8, 4) is 17.2 Å². The van der Waals surface area contributed by atoms with Crippen LogP contribution in [0.3, 0.4) is 0 Å². The molecule has 0 saturated heterocycles. The highest BCUT2D eigenvalue weighted by atomic mass is 32.1. The average molecular weight is 367 g/mol. The summed E-state index contributed by atoms with van der Waals surface area (Å²) in [5.41, 5.74) is 0.769. The Morgan fingerprint density at radius 3 is 2.33 bits per heavy atom. The van der Waals surface area contributed by atoms with Crippen LogP contribution in [0, 0.1) is 0 Å². The Morgan fingerprint density at radius 1 is 1.17 bits per heavy atom. The Balaban J connectivity index is 2.02. The molecule has 2 N–H and O–H groups in total. The molecule has 1 unspecified atom stereocenters. The summed E-state index contributed by atoms with van der Waals surface area (Å²) in [6, 6.07) is 8.04. The molecule has 0 aliphatic rings. The van der Waals surface area contributed by atoms with E-state index in [9.17, 15) is 0 Å². The molecule has 0 fully saturated rings. The van der Waals surface area contributed by atoms with E-state index in [4.69, 9.17) is 26.4 Å². The lowest BCUT2D eigenvalue weighted by Crippen LogP contribution is -2.37. The number of benzene rings is 1. The first-order valence-electron chi connectivity index (χ1n) is 7.47. The molecule has 130 valence electrons. The van der Waals surface area contributed by atoms with Gasteiger partial charge in [-0.05, 0) is 30.6 Å². The molecule has 5 nitrogen and oxygen atoms in total. The third-order valence-corrected chi connectivity index (χ3v) is 4.51. The zero-order valence-electron chi connectivity index (χ0n) is 14.2.